The second-order valence-corrected chi connectivity index (χ2v) is 6.98. The first kappa shape index (κ1) is 18.5. The van der Waals surface area contributed by atoms with Gasteiger partial charge in [-0.2, -0.15) is 0 Å². The summed E-state index contributed by atoms with van der Waals surface area (Å²) in [6.45, 7) is 4.26. The summed E-state index contributed by atoms with van der Waals surface area (Å²) in [4.78, 5) is 14.9. The molecule has 2 atom stereocenters. The van der Waals surface area contributed by atoms with Crippen molar-refractivity contribution in [1.82, 2.24) is 10.2 Å². The number of rotatable bonds is 5. The van der Waals surface area contributed by atoms with Crippen LogP contribution in [0.15, 0.2) is 48.5 Å². The van der Waals surface area contributed by atoms with Gasteiger partial charge in [-0.05, 0) is 61.7 Å². The Morgan fingerprint density at radius 3 is 2.38 bits per heavy atom. The number of carbonyl (C=O) groups is 1. The lowest BCUT2D eigenvalue weighted by Gasteiger charge is -2.32. The number of halogens is 2. The fraction of sp³-hybridized carbons (Fsp3) is 0.381. The lowest BCUT2D eigenvalue weighted by atomic mass is 9.96. The van der Waals surface area contributed by atoms with E-state index in [9.17, 15) is 13.6 Å². The van der Waals surface area contributed by atoms with E-state index in [1.165, 1.54) is 24.3 Å². The Balaban J connectivity index is 1.55. The van der Waals surface area contributed by atoms with Gasteiger partial charge in [-0.15, -0.1) is 0 Å². The molecule has 1 N–H and O–H groups in total. The Labute approximate surface area is 153 Å². The minimum absolute atomic E-state index is 0.0330. The van der Waals surface area contributed by atoms with Crippen LogP contribution in [0.2, 0.25) is 0 Å². The molecule has 3 rings (SSSR count). The van der Waals surface area contributed by atoms with Gasteiger partial charge in [-0.25, -0.2) is 8.78 Å². The molecule has 2 aromatic rings. The fourth-order valence-corrected chi connectivity index (χ4v) is 3.43. The van der Waals surface area contributed by atoms with Crippen molar-refractivity contribution in [1.29, 1.82) is 0 Å². The fourth-order valence-electron chi connectivity index (χ4n) is 3.43. The van der Waals surface area contributed by atoms with Crippen molar-refractivity contribution in [2.75, 3.05) is 13.1 Å². The van der Waals surface area contributed by atoms with Crippen LogP contribution in [-0.4, -0.2) is 23.9 Å². The molecule has 0 saturated carbocycles. The molecule has 3 nitrogen and oxygen atoms in total. The third kappa shape index (κ3) is 4.88. The molecule has 26 heavy (non-hydrogen) atoms. The van der Waals surface area contributed by atoms with Gasteiger partial charge in [-0.3, -0.25) is 9.69 Å². The maximum Gasteiger partial charge on any atom is 0.224 e. The van der Waals surface area contributed by atoms with Gasteiger partial charge in [0.25, 0.3) is 0 Å². The summed E-state index contributed by atoms with van der Waals surface area (Å²) < 4.78 is 26.1. The summed E-state index contributed by atoms with van der Waals surface area (Å²) in [5.41, 5.74) is 1.94. The third-order valence-corrected chi connectivity index (χ3v) is 4.92. The number of hydrogen-bond donors (Lipinski definition) is 1. The smallest absolute Gasteiger partial charge is 0.224 e. The average Bonchev–Trinajstić information content (AvgIpc) is 2.64. The van der Waals surface area contributed by atoms with E-state index in [0.29, 0.717) is 6.54 Å². The van der Waals surface area contributed by atoms with Crippen LogP contribution in [0, 0.1) is 17.6 Å². The van der Waals surface area contributed by atoms with E-state index in [-0.39, 0.29) is 29.5 Å². The van der Waals surface area contributed by atoms with E-state index in [2.05, 4.69) is 10.2 Å². The van der Waals surface area contributed by atoms with Crippen molar-refractivity contribution in [3.63, 3.8) is 0 Å². The van der Waals surface area contributed by atoms with Gasteiger partial charge in [0.2, 0.25) is 5.91 Å². The van der Waals surface area contributed by atoms with Gasteiger partial charge < -0.3 is 5.32 Å². The molecule has 1 fully saturated rings. The van der Waals surface area contributed by atoms with Crippen molar-refractivity contribution in [3.05, 3.63) is 71.3 Å². The predicted molar refractivity (Wildman–Crippen MR) is 97.4 cm³/mol. The van der Waals surface area contributed by atoms with Gasteiger partial charge >= 0.3 is 0 Å². The van der Waals surface area contributed by atoms with Crippen LogP contribution in [0.25, 0.3) is 0 Å². The van der Waals surface area contributed by atoms with Gasteiger partial charge in [-0.1, -0.05) is 24.3 Å². The molecule has 138 valence electrons. The molecular formula is C21H24F2N2O. The van der Waals surface area contributed by atoms with E-state index in [1.807, 2.05) is 6.92 Å². The predicted octanol–water partition coefficient (Wildman–Crippen LogP) is 4.05. The standard InChI is InChI=1S/C21H24F2N2O/c1-15(17-6-10-20(23)11-7-17)24-21(26)18-3-2-12-25(14-18)13-16-4-8-19(22)9-5-16/h4-11,15,18H,2-3,12-14H2,1H3,(H,24,26). The molecule has 1 aliphatic heterocycles. The SMILES string of the molecule is CC(NC(=O)C1CCCN(Cc2ccc(F)cc2)C1)c1ccc(F)cc1. The minimum Gasteiger partial charge on any atom is -0.349 e. The van der Waals surface area contributed by atoms with Crippen molar-refractivity contribution >= 4 is 5.91 Å². The van der Waals surface area contributed by atoms with Crippen LogP contribution in [0.4, 0.5) is 8.78 Å². The Morgan fingerprint density at radius 2 is 1.73 bits per heavy atom. The van der Waals surface area contributed by atoms with Crippen LogP contribution in [0.5, 0.6) is 0 Å². The van der Waals surface area contributed by atoms with Crippen LogP contribution in [-0.2, 0) is 11.3 Å². The molecule has 2 aromatic carbocycles. The Bertz CT molecular complexity index is 731. The number of piperidine rings is 1. The van der Waals surface area contributed by atoms with Crippen LogP contribution >= 0.6 is 0 Å². The highest BCUT2D eigenvalue weighted by Gasteiger charge is 2.26. The van der Waals surface area contributed by atoms with Crippen molar-refractivity contribution in [2.45, 2.75) is 32.4 Å². The number of likely N-dealkylation sites (tertiary alicyclic amines) is 1. The van der Waals surface area contributed by atoms with Crippen LogP contribution in [0.1, 0.15) is 36.9 Å². The highest BCUT2D eigenvalue weighted by Crippen LogP contribution is 2.21. The zero-order valence-corrected chi connectivity index (χ0v) is 14.9. The summed E-state index contributed by atoms with van der Waals surface area (Å²) in [6.07, 6.45) is 1.83. The number of nitrogens with one attached hydrogen (secondary N) is 1. The molecule has 1 aliphatic rings. The van der Waals surface area contributed by atoms with E-state index in [4.69, 9.17) is 0 Å². The molecule has 0 aliphatic carbocycles. The second-order valence-electron chi connectivity index (χ2n) is 6.98. The highest BCUT2D eigenvalue weighted by atomic mass is 19.1. The molecule has 0 aromatic heterocycles. The Kier molecular flexibility index (Phi) is 5.99. The summed E-state index contributed by atoms with van der Waals surface area (Å²) in [5, 5.41) is 3.04. The minimum atomic E-state index is -0.281. The summed E-state index contributed by atoms with van der Waals surface area (Å²) in [5.74, 6) is -0.548. The highest BCUT2D eigenvalue weighted by molar-refractivity contribution is 5.79. The third-order valence-electron chi connectivity index (χ3n) is 4.92. The maximum absolute atomic E-state index is 13.0. The maximum atomic E-state index is 13.0. The number of hydrogen-bond acceptors (Lipinski definition) is 2. The molecule has 0 spiro atoms. The molecule has 0 radical (unpaired) electrons. The van der Waals surface area contributed by atoms with E-state index < -0.39 is 0 Å². The molecule has 0 bridgehead atoms. The molecule has 5 heteroatoms. The Hall–Kier alpha value is -2.27. The van der Waals surface area contributed by atoms with E-state index in [0.717, 1.165) is 37.1 Å². The number of nitrogens with zero attached hydrogens (tertiary/aromatic N) is 1. The van der Waals surface area contributed by atoms with Gasteiger partial charge in [0.1, 0.15) is 11.6 Å². The molecule has 1 heterocycles. The quantitative estimate of drug-likeness (QED) is 0.874. The molecule has 1 saturated heterocycles. The summed E-state index contributed by atoms with van der Waals surface area (Å²) >= 11 is 0. The number of carbonyl (C=O) groups excluding carboxylic acids is 1. The molecular weight excluding hydrogens is 334 g/mol. The summed E-state index contributed by atoms with van der Waals surface area (Å²) in [7, 11) is 0. The lowest BCUT2D eigenvalue weighted by molar-refractivity contribution is -0.127. The van der Waals surface area contributed by atoms with Gasteiger partial charge in [0.05, 0.1) is 12.0 Å². The largest absolute Gasteiger partial charge is 0.349 e. The average molecular weight is 358 g/mol. The molecule has 2 unspecified atom stereocenters. The number of amides is 1. The van der Waals surface area contributed by atoms with Crippen LogP contribution < -0.4 is 5.32 Å². The summed E-state index contributed by atoms with van der Waals surface area (Å²) in [6, 6.07) is 12.6. The van der Waals surface area contributed by atoms with Crippen molar-refractivity contribution in [2.24, 2.45) is 5.92 Å². The first-order valence-electron chi connectivity index (χ1n) is 9.04. The second kappa shape index (κ2) is 8.41. The van der Waals surface area contributed by atoms with Gasteiger partial charge in [0.15, 0.2) is 0 Å². The Morgan fingerprint density at radius 1 is 1.12 bits per heavy atom. The lowest BCUT2D eigenvalue weighted by Crippen LogP contribution is -2.43. The van der Waals surface area contributed by atoms with Gasteiger partial charge in [0, 0.05) is 13.1 Å². The van der Waals surface area contributed by atoms with Crippen molar-refractivity contribution < 1.29 is 13.6 Å². The van der Waals surface area contributed by atoms with E-state index >= 15 is 0 Å². The van der Waals surface area contributed by atoms with E-state index in [1.54, 1.807) is 24.3 Å². The molecule has 1 amide bonds. The van der Waals surface area contributed by atoms with Crippen molar-refractivity contribution in [3.8, 4) is 0 Å². The first-order valence-corrected chi connectivity index (χ1v) is 9.04. The zero-order valence-electron chi connectivity index (χ0n) is 14.9. The topological polar surface area (TPSA) is 32.3 Å². The normalized spacial score (nSPS) is 19.1. The van der Waals surface area contributed by atoms with Crippen LogP contribution in [0.3, 0.4) is 0 Å². The first-order chi connectivity index (χ1) is 12.5. The monoisotopic (exact) mass is 358 g/mol. The zero-order chi connectivity index (χ0) is 18.5. The number of benzene rings is 2.